The monoisotopic (exact) mass is 818 g/mol. The van der Waals surface area contributed by atoms with Gasteiger partial charge in [0, 0.05) is 6.42 Å². The van der Waals surface area contributed by atoms with Gasteiger partial charge in [0.15, 0.2) is 0 Å². The number of hydrogen-bond donors (Lipinski definition) is 3. The molecule has 0 aliphatic carbocycles. The maximum atomic E-state index is 12.8. The Morgan fingerprint density at radius 3 is 1.20 bits per heavy atom. The molecule has 0 aromatic heterocycles. The van der Waals surface area contributed by atoms with Crippen LogP contribution in [0.25, 0.3) is 0 Å². The van der Waals surface area contributed by atoms with E-state index in [1.807, 2.05) is 21.1 Å². The summed E-state index contributed by atoms with van der Waals surface area (Å²) in [5.74, 6) is -0.148. The number of unbranched alkanes of at least 4 members (excludes halogenated alkanes) is 32. The zero-order valence-electron chi connectivity index (χ0n) is 38.2. The molecule has 0 fully saturated rings. The molecule has 0 aliphatic rings. The average molecular weight is 818 g/mol. The van der Waals surface area contributed by atoms with E-state index in [9.17, 15) is 19.4 Å². The van der Waals surface area contributed by atoms with Gasteiger partial charge in [-0.15, -0.1) is 0 Å². The lowest BCUT2D eigenvalue weighted by Crippen LogP contribution is -2.46. The SMILES string of the molecule is CCCCCCCCCCCCCCCCCCCCCCCCCCCCCCCCC(=O)NC(COP(=O)(O)OCC[N+](C)(C)C)C(O)CCCCCC. The van der Waals surface area contributed by atoms with E-state index in [0.717, 1.165) is 44.9 Å². The number of phosphoric ester groups is 1. The summed E-state index contributed by atoms with van der Waals surface area (Å²) in [5, 5.41) is 13.7. The van der Waals surface area contributed by atoms with Crippen LogP contribution >= 0.6 is 7.82 Å². The molecule has 0 radical (unpaired) electrons. The molecule has 0 bridgehead atoms. The number of aliphatic hydroxyl groups is 1. The molecule has 0 heterocycles. The molecule has 0 rings (SSSR count). The number of likely N-dealkylation sites (N-methyl/N-ethyl adjacent to an activating group) is 1. The summed E-state index contributed by atoms with van der Waals surface area (Å²) >= 11 is 0. The molecule has 0 aromatic rings. The van der Waals surface area contributed by atoms with Crippen molar-refractivity contribution in [2.24, 2.45) is 0 Å². The number of hydrogen-bond acceptors (Lipinski definition) is 5. The molecule has 3 N–H and O–H groups in total. The van der Waals surface area contributed by atoms with Crippen molar-refractivity contribution in [3.63, 3.8) is 0 Å². The quantitative estimate of drug-likeness (QED) is 0.0321. The van der Waals surface area contributed by atoms with Crippen LogP contribution in [-0.4, -0.2) is 73.4 Å². The van der Waals surface area contributed by atoms with E-state index in [-0.39, 0.29) is 19.1 Å². The summed E-state index contributed by atoms with van der Waals surface area (Å²) in [6, 6.07) is -0.750. The zero-order valence-corrected chi connectivity index (χ0v) is 39.0. The average Bonchev–Trinajstić information content (AvgIpc) is 3.15. The standard InChI is InChI=1S/C47H97N2O6P/c1-6-8-10-12-13-14-15-16-17-18-19-20-21-22-23-24-25-26-27-28-29-30-31-32-33-34-35-36-37-39-41-47(51)48-45(46(50)40-38-11-9-7-2)44-55-56(52,53)54-43-42-49(3,4)5/h45-46,50H,6-44H2,1-5H3,(H-,48,51,52,53)/p+1. The van der Waals surface area contributed by atoms with Crippen molar-refractivity contribution in [1.29, 1.82) is 0 Å². The van der Waals surface area contributed by atoms with E-state index in [0.29, 0.717) is 23.9 Å². The smallest absolute Gasteiger partial charge is 0.391 e. The minimum atomic E-state index is -4.29. The lowest BCUT2D eigenvalue weighted by Gasteiger charge is -2.26. The van der Waals surface area contributed by atoms with Gasteiger partial charge in [0.2, 0.25) is 5.91 Å². The van der Waals surface area contributed by atoms with Gasteiger partial charge in [-0.3, -0.25) is 13.8 Å². The van der Waals surface area contributed by atoms with E-state index in [1.165, 1.54) is 173 Å². The number of amides is 1. The molecule has 56 heavy (non-hydrogen) atoms. The van der Waals surface area contributed by atoms with Gasteiger partial charge in [0.1, 0.15) is 13.2 Å². The number of carbonyl (C=O) groups excluding carboxylic acids is 1. The predicted octanol–water partition coefficient (Wildman–Crippen LogP) is 13.8. The zero-order chi connectivity index (χ0) is 41.4. The van der Waals surface area contributed by atoms with Gasteiger partial charge in [-0.05, 0) is 12.8 Å². The second-order valence-corrected chi connectivity index (χ2v) is 19.7. The Hall–Kier alpha value is -0.500. The highest BCUT2D eigenvalue weighted by molar-refractivity contribution is 7.47. The molecular formula is C47H98N2O6P+. The number of phosphoric acid groups is 1. The van der Waals surface area contributed by atoms with E-state index in [2.05, 4.69) is 19.2 Å². The number of quaternary nitrogens is 1. The van der Waals surface area contributed by atoms with Gasteiger partial charge in [-0.1, -0.05) is 226 Å². The van der Waals surface area contributed by atoms with Crippen LogP contribution in [0.2, 0.25) is 0 Å². The maximum Gasteiger partial charge on any atom is 0.472 e. The van der Waals surface area contributed by atoms with Crippen LogP contribution in [0.5, 0.6) is 0 Å². The fraction of sp³-hybridized carbons (Fsp3) is 0.979. The third kappa shape index (κ3) is 41.7. The molecule has 1 amide bonds. The lowest BCUT2D eigenvalue weighted by atomic mass is 10.0. The van der Waals surface area contributed by atoms with Crippen molar-refractivity contribution >= 4 is 13.7 Å². The van der Waals surface area contributed by atoms with Crippen molar-refractivity contribution in [2.45, 2.75) is 257 Å². The van der Waals surface area contributed by atoms with Gasteiger partial charge < -0.3 is 19.8 Å². The number of rotatable bonds is 45. The van der Waals surface area contributed by atoms with E-state index >= 15 is 0 Å². The molecule has 3 unspecified atom stereocenters. The Bertz CT molecular complexity index is 885. The second-order valence-electron chi connectivity index (χ2n) is 18.2. The third-order valence-electron chi connectivity index (χ3n) is 11.4. The van der Waals surface area contributed by atoms with Gasteiger partial charge >= 0.3 is 7.82 Å². The van der Waals surface area contributed by atoms with Crippen LogP contribution in [0.4, 0.5) is 0 Å². The highest BCUT2D eigenvalue weighted by Gasteiger charge is 2.28. The predicted molar refractivity (Wildman–Crippen MR) is 240 cm³/mol. The summed E-state index contributed by atoms with van der Waals surface area (Å²) in [7, 11) is 1.62. The molecular weight excluding hydrogens is 719 g/mol. The van der Waals surface area contributed by atoms with Crippen LogP contribution < -0.4 is 5.32 Å². The van der Waals surface area contributed by atoms with Crippen LogP contribution in [0.1, 0.15) is 245 Å². The first-order chi connectivity index (χ1) is 27.0. The first kappa shape index (κ1) is 55.5. The van der Waals surface area contributed by atoms with Crippen molar-refractivity contribution in [3.8, 4) is 0 Å². The Kier molecular flexibility index (Phi) is 39.6. The fourth-order valence-corrected chi connectivity index (χ4v) is 8.20. The summed E-state index contributed by atoms with van der Waals surface area (Å²) in [5.41, 5.74) is 0. The first-order valence-electron chi connectivity index (χ1n) is 24.4. The number of carbonyl (C=O) groups is 1. The van der Waals surface area contributed by atoms with Crippen LogP contribution in [0.15, 0.2) is 0 Å². The van der Waals surface area contributed by atoms with Gasteiger partial charge in [0.25, 0.3) is 0 Å². The van der Waals surface area contributed by atoms with E-state index in [4.69, 9.17) is 9.05 Å². The first-order valence-corrected chi connectivity index (χ1v) is 25.9. The Balaban J connectivity index is 3.74. The Labute approximate surface area is 349 Å². The largest absolute Gasteiger partial charge is 0.472 e. The van der Waals surface area contributed by atoms with Crippen LogP contribution in [0, 0.1) is 0 Å². The Morgan fingerprint density at radius 1 is 0.536 bits per heavy atom. The van der Waals surface area contributed by atoms with Crippen LogP contribution in [-0.2, 0) is 18.4 Å². The molecule has 0 saturated carbocycles. The summed E-state index contributed by atoms with van der Waals surface area (Å²) in [6.07, 6.45) is 45.1. The van der Waals surface area contributed by atoms with Crippen molar-refractivity contribution < 1.29 is 32.9 Å². The molecule has 0 aliphatic heterocycles. The van der Waals surface area contributed by atoms with Crippen molar-refractivity contribution in [3.05, 3.63) is 0 Å². The number of nitrogens with one attached hydrogen (secondary N) is 1. The minimum absolute atomic E-state index is 0.0769. The fourth-order valence-electron chi connectivity index (χ4n) is 7.46. The van der Waals surface area contributed by atoms with E-state index in [1.54, 1.807) is 0 Å². The maximum absolute atomic E-state index is 12.8. The molecule has 3 atom stereocenters. The third-order valence-corrected chi connectivity index (χ3v) is 12.3. The highest BCUT2D eigenvalue weighted by atomic mass is 31.2. The van der Waals surface area contributed by atoms with Crippen molar-refractivity contribution in [1.82, 2.24) is 5.32 Å². The Morgan fingerprint density at radius 2 is 0.857 bits per heavy atom. The number of nitrogens with zero attached hydrogens (tertiary/aromatic N) is 1. The van der Waals surface area contributed by atoms with Gasteiger partial charge in [-0.25, -0.2) is 4.57 Å². The summed E-state index contributed by atoms with van der Waals surface area (Å²) in [4.78, 5) is 22.9. The lowest BCUT2D eigenvalue weighted by molar-refractivity contribution is -0.870. The summed E-state index contributed by atoms with van der Waals surface area (Å²) in [6.45, 7) is 4.79. The van der Waals surface area contributed by atoms with Crippen molar-refractivity contribution in [2.75, 3.05) is 40.9 Å². The minimum Gasteiger partial charge on any atom is -0.391 e. The van der Waals surface area contributed by atoms with Gasteiger partial charge in [0.05, 0.1) is 39.9 Å². The molecule has 0 aromatic carbocycles. The van der Waals surface area contributed by atoms with Gasteiger partial charge in [-0.2, -0.15) is 0 Å². The highest BCUT2D eigenvalue weighted by Crippen LogP contribution is 2.43. The normalized spacial score (nSPS) is 14.2. The molecule has 0 spiro atoms. The van der Waals surface area contributed by atoms with Crippen LogP contribution in [0.3, 0.4) is 0 Å². The molecule has 0 saturated heterocycles. The molecule has 8 nitrogen and oxygen atoms in total. The van der Waals surface area contributed by atoms with E-state index < -0.39 is 20.0 Å². The second kappa shape index (κ2) is 39.9. The topological polar surface area (TPSA) is 105 Å². The summed E-state index contributed by atoms with van der Waals surface area (Å²) < 4.78 is 23.4. The molecule has 336 valence electrons. The molecule has 9 heteroatoms. The number of aliphatic hydroxyl groups excluding tert-OH is 1.